The van der Waals surface area contributed by atoms with Crippen LogP contribution in [-0.2, 0) is 16.0 Å². The van der Waals surface area contributed by atoms with Crippen LogP contribution in [0.25, 0.3) is 11.3 Å². The van der Waals surface area contributed by atoms with Gasteiger partial charge in [0, 0.05) is 17.9 Å². The van der Waals surface area contributed by atoms with E-state index in [0.29, 0.717) is 11.8 Å². The van der Waals surface area contributed by atoms with E-state index in [0.717, 1.165) is 0 Å². The number of hydrogen-bond acceptors (Lipinski definition) is 9. The zero-order valence-electron chi connectivity index (χ0n) is 17.6. The third-order valence-corrected chi connectivity index (χ3v) is 7.00. The van der Waals surface area contributed by atoms with Crippen LogP contribution in [0.15, 0.2) is 51.5 Å². The number of aliphatic hydroxyl groups excluding tert-OH is 2. The van der Waals surface area contributed by atoms with E-state index in [1.807, 2.05) is 0 Å². The maximum absolute atomic E-state index is 13.5. The van der Waals surface area contributed by atoms with Gasteiger partial charge in [-0.2, -0.15) is 0 Å². The number of Topliss-reactive ketones (excluding diaryl/α,β-unsaturated/α-hetero) is 2. The lowest BCUT2D eigenvalue weighted by atomic mass is 9.60. The number of benzene rings is 1. The van der Waals surface area contributed by atoms with Gasteiger partial charge >= 0.3 is 0 Å². The molecule has 6 N–H and O–H groups in total. The summed E-state index contributed by atoms with van der Waals surface area (Å²) in [5.74, 6) is -6.85. The molecule has 3 aliphatic carbocycles. The van der Waals surface area contributed by atoms with Crippen molar-refractivity contribution in [3.63, 3.8) is 0 Å². The van der Waals surface area contributed by atoms with Crippen molar-refractivity contribution in [3.8, 4) is 17.1 Å². The summed E-state index contributed by atoms with van der Waals surface area (Å²) in [5, 5.41) is 43.4. The monoisotopic (exact) mass is 465 g/mol. The lowest BCUT2D eigenvalue weighted by Crippen LogP contribution is -2.57. The molecule has 2 aromatic rings. The summed E-state index contributed by atoms with van der Waals surface area (Å²) in [7, 11) is 0. The molecule has 0 bridgehead atoms. The normalized spacial score (nSPS) is 26.1. The number of aromatic hydroxyl groups is 1. The number of ketones is 2. The van der Waals surface area contributed by atoms with Crippen molar-refractivity contribution in [2.45, 2.75) is 24.9 Å². The molecule has 10 nitrogen and oxygen atoms in total. The van der Waals surface area contributed by atoms with E-state index in [4.69, 9.17) is 10.2 Å². The Labute approximate surface area is 191 Å². The molecule has 1 aromatic carbocycles. The first-order valence-electron chi connectivity index (χ1n) is 10.5. The second kappa shape index (κ2) is 7.16. The molecule has 1 amide bonds. The second-order valence-electron chi connectivity index (χ2n) is 8.73. The molecular weight excluding hydrogens is 446 g/mol. The van der Waals surface area contributed by atoms with Gasteiger partial charge in [0.1, 0.15) is 28.6 Å². The highest BCUT2D eigenvalue weighted by atomic mass is 16.3. The Balaban J connectivity index is 1.67. The minimum Gasteiger partial charge on any atom is -0.511 e. The van der Waals surface area contributed by atoms with Crippen LogP contribution >= 0.6 is 0 Å². The molecule has 1 heterocycles. The van der Waals surface area contributed by atoms with E-state index < -0.39 is 57.8 Å². The van der Waals surface area contributed by atoms with Crippen LogP contribution in [0.5, 0.6) is 5.75 Å². The number of rotatable bonds is 3. The number of hydrogen-bond donors (Lipinski definition) is 5. The number of aldehydes is 1. The molecule has 5 rings (SSSR count). The number of aliphatic hydroxyl groups is 3. The van der Waals surface area contributed by atoms with Gasteiger partial charge in [-0.25, -0.2) is 0 Å². The molecule has 10 heteroatoms. The Morgan fingerprint density at radius 3 is 2.56 bits per heavy atom. The van der Waals surface area contributed by atoms with E-state index in [2.05, 4.69) is 0 Å². The lowest BCUT2D eigenvalue weighted by molar-refractivity contribution is -0.144. The topological polar surface area (TPSA) is 188 Å². The summed E-state index contributed by atoms with van der Waals surface area (Å²) < 4.78 is 5.30. The van der Waals surface area contributed by atoms with E-state index in [1.165, 1.54) is 18.4 Å². The highest BCUT2D eigenvalue weighted by molar-refractivity contribution is 6.24. The van der Waals surface area contributed by atoms with Crippen LogP contribution in [-0.4, -0.2) is 49.8 Å². The van der Waals surface area contributed by atoms with Gasteiger partial charge in [-0.1, -0.05) is 6.07 Å². The standard InChI is InChI=1S/C24H19NO9/c25-23(32)17-14(27)7-12-6-11-5-9-1-2-13(20-10(8-26)3-4-34-20)18(28)15(9)19(29)16(11)21(30)24(12,33)22(17)31/h1-4,8,11-12,27-28,30,33H,5-7H2,(H2,25,32)/t11-,12-,24-/m0/s1. The van der Waals surface area contributed by atoms with Crippen molar-refractivity contribution in [1.82, 2.24) is 0 Å². The highest BCUT2D eigenvalue weighted by Crippen LogP contribution is 2.52. The van der Waals surface area contributed by atoms with E-state index in [9.17, 15) is 39.6 Å². The molecule has 0 radical (unpaired) electrons. The van der Waals surface area contributed by atoms with Crippen LogP contribution in [0.1, 0.15) is 39.1 Å². The number of phenols is 1. The van der Waals surface area contributed by atoms with Crippen LogP contribution in [0, 0.1) is 11.8 Å². The summed E-state index contributed by atoms with van der Waals surface area (Å²) in [6.07, 6.45) is 1.76. The van der Waals surface area contributed by atoms with Gasteiger partial charge in [0.25, 0.3) is 5.91 Å². The van der Waals surface area contributed by atoms with Crippen LogP contribution in [0.4, 0.5) is 0 Å². The number of phenolic OH excluding ortho intramolecular Hbond substituents is 1. The molecule has 0 unspecified atom stereocenters. The quantitative estimate of drug-likeness (QED) is 0.331. The molecule has 3 atom stereocenters. The van der Waals surface area contributed by atoms with Crippen molar-refractivity contribution in [2.75, 3.05) is 0 Å². The Morgan fingerprint density at radius 1 is 1.15 bits per heavy atom. The maximum atomic E-state index is 13.5. The average Bonchev–Trinajstić information content (AvgIpc) is 3.24. The maximum Gasteiger partial charge on any atom is 0.255 e. The molecule has 0 spiro atoms. The van der Waals surface area contributed by atoms with Gasteiger partial charge in [-0.3, -0.25) is 19.2 Å². The average molecular weight is 465 g/mol. The summed E-state index contributed by atoms with van der Waals surface area (Å²) in [4.78, 5) is 49.4. The summed E-state index contributed by atoms with van der Waals surface area (Å²) >= 11 is 0. The molecule has 34 heavy (non-hydrogen) atoms. The van der Waals surface area contributed by atoms with Crippen molar-refractivity contribution < 1.29 is 44.0 Å². The first kappa shape index (κ1) is 21.7. The number of furan rings is 1. The molecular formula is C24H19NO9. The number of carbonyl (C=O) groups is 4. The van der Waals surface area contributed by atoms with Gasteiger partial charge in [0.05, 0.1) is 23.0 Å². The molecule has 174 valence electrons. The molecule has 3 aliphatic rings. The lowest BCUT2D eigenvalue weighted by Gasteiger charge is -2.45. The number of primary amides is 1. The van der Waals surface area contributed by atoms with Gasteiger partial charge in [0.2, 0.25) is 5.78 Å². The molecule has 0 saturated carbocycles. The third kappa shape index (κ3) is 2.65. The summed E-state index contributed by atoms with van der Waals surface area (Å²) in [6, 6.07) is 4.51. The van der Waals surface area contributed by atoms with Gasteiger partial charge in [-0.05, 0) is 36.5 Å². The first-order chi connectivity index (χ1) is 16.1. The van der Waals surface area contributed by atoms with Gasteiger partial charge in [0.15, 0.2) is 17.7 Å². The number of nitrogens with two attached hydrogens (primary N) is 1. The second-order valence-corrected chi connectivity index (χ2v) is 8.73. The summed E-state index contributed by atoms with van der Waals surface area (Å²) in [6.45, 7) is 0. The van der Waals surface area contributed by atoms with Crippen molar-refractivity contribution in [2.24, 2.45) is 17.6 Å². The van der Waals surface area contributed by atoms with Crippen molar-refractivity contribution >= 4 is 23.8 Å². The minimum atomic E-state index is -2.62. The van der Waals surface area contributed by atoms with Crippen LogP contribution in [0.2, 0.25) is 0 Å². The Morgan fingerprint density at radius 2 is 1.88 bits per heavy atom. The van der Waals surface area contributed by atoms with E-state index >= 15 is 0 Å². The fourth-order valence-electron chi connectivity index (χ4n) is 5.41. The summed E-state index contributed by atoms with van der Waals surface area (Å²) in [5.41, 5.74) is 2.05. The van der Waals surface area contributed by atoms with Crippen molar-refractivity contribution in [1.29, 1.82) is 0 Å². The van der Waals surface area contributed by atoms with E-state index in [1.54, 1.807) is 6.07 Å². The Bertz CT molecular complexity index is 1380. The number of amides is 1. The van der Waals surface area contributed by atoms with Gasteiger partial charge < -0.3 is 30.6 Å². The molecule has 0 fully saturated rings. The zero-order valence-corrected chi connectivity index (χ0v) is 17.6. The zero-order chi connectivity index (χ0) is 24.5. The molecule has 0 saturated heterocycles. The highest BCUT2D eigenvalue weighted by Gasteiger charge is 2.59. The van der Waals surface area contributed by atoms with E-state index in [-0.39, 0.29) is 47.3 Å². The first-order valence-corrected chi connectivity index (χ1v) is 10.5. The SMILES string of the molecule is NC(=O)C1=C(O)C[C@@H]2C[C@@H]3Cc4ccc(-c5occc5C=O)c(O)c4C(=O)C3=C(O)[C@]2(O)C1=O. The minimum absolute atomic E-state index is 0.0545. The predicted molar refractivity (Wildman–Crippen MR) is 114 cm³/mol. The Hall–Kier alpha value is -4.18. The van der Waals surface area contributed by atoms with Gasteiger partial charge in [-0.15, -0.1) is 0 Å². The largest absolute Gasteiger partial charge is 0.511 e. The smallest absolute Gasteiger partial charge is 0.255 e. The van der Waals surface area contributed by atoms with Crippen LogP contribution in [0.3, 0.4) is 0 Å². The third-order valence-electron chi connectivity index (χ3n) is 7.00. The molecule has 1 aromatic heterocycles. The number of carbonyl (C=O) groups excluding carboxylic acids is 4. The predicted octanol–water partition coefficient (Wildman–Crippen LogP) is 1.65. The van der Waals surface area contributed by atoms with Crippen LogP contribution < -0.4 is 5.73 Å². The fraction of sp³-hybridized carbons (Fsp3) is 0.250. The molecule has 0 aliphatic heterocycles. The Kier molecular flexibility index (Phi) is 4.56. The number of allylic oxidation sites excluding steroid dienone is 2. The fourth-order valence-corrected chi connectivity index (χ4v) is 5.41. The number of fused-ring (bicyclic) bond motifs is 3. The van der Waals surface area contributed by atoms with Crippen molar-refractivity contribution in [3.05, 3.63) is 63.8 Å².